The van der Waals surface area contributed by atoms with Crippen molar-refractivity contribution in [3.63, 3.8) is 0 Å². The Hall–Kier alpha value is -2.83. The minimum absolute atomic E-state index is 0.297. The van der Waals surface area contributed by atoms with Crippen LogP contribution in [0.3, 0.4) is 0 Å². The number of nitrogens with zero attached hydrogens (tertiary/aromatic N) is 1. The highest BCUT2D eigenvalue weighted by molar-refractivity contribution is 7.86. The molecule has 4 aromatic carbocycles. The van der Waals surface area contributed by atoms with Crippen molar-refractivity contribution in [2.45, 2.75) is 19.9 Å². The molecule has 172 valence electrons. The molecule has 0 aliphatic carbocycles. The van der Waals surface area contributed by atoms with Gasteiger partial charge in [-0.2, -0.15) is 0 Å². The second-order valence-corrected chi connectivity index (χ2v) is 12.8. The second kappa shape index (κ2) is 9.80. The molecule has 0 radical (unpaired) electrons. The van der Waals surface area contributed by atoms with Crippen LogP contribution in [-0.4, -0.2) is 20.3 Å². The monoisotopic (exact) mass is 485 g/mol. The second-order valence-electron chi connectivity index (χ2n) is 8.42. The maximum Gasteiger partial charge on any atom is 0.128 e. The summed E-state index contributed by atoms with van der Waals surface area (Å²) in [7, 11) is 1.82. The molecule has 5 heteroatoms. The average molecular weight is 486 g/mol. The van der Waals surface area contributed by atoms with Crippen LogP contribution in [0, 0.1) is 0 Å². The Morgan fingerprint density at radius 1 is 0.618 bits per heavy atom. The highest BCUT2D eigenvalue weighted by Crippen LogP contribution is 2.60. The van der Waals surface area contributed by atoms with E-state index in [0.29, 0.717) is 6.04 Å². The zero-order chi connectivity index (χ0) is 23.7. The molecule has 0 amide bonds. The van der Waals surface area contributed by atoms with Crippen LogP contribution in [0.4, 0.5) is 0 Å². The van der Waals surface area contributed by atoms with Crippen molar-refractivity contribution in [1.82, 2.24) is 0 Å². The lowest BCUT2D eigenvalue weighted by molar-refractivity contribution is 0.417. The van der Waals surface area contributed by atoms with Gasteiger partial charge in [-0.25, -0.2) is 4.44 Å². The zero-order valence-corrected chi connectivity index (χ0v) is 21.8. The van der Waals surface area contributed by atoms with E-state index < -0.39 is 15.8 Å². The van der Waals surface area contributed by atoms with Crippen LogP contribution in [0.15, 0.2) is 97.1 Å². The lowest BCUT2D eigenvalue weighted by atomic mass is 10.2. The van der Waals surface area contributed by atoms with Crippen molar-refractivity contribution in [2.24, 2.45) is 0 Å². The third kappa shape index (κ3) is 3.89. The molecular weight excluding hydrogens is 456 g/mol. The minimum atomic E-state index is -0.955. The quantitative estimate of drug-likeness (QED) is 0.224. The van der Waals surface area contributed by atoms with Gasteiger partial charge in [-0.05, 0) is 68.7 Å². The van der Waals surface area contributed by atoms with Gasteiger partial charge in [0.2, 0.25) is 0 Å². The summed E-state index contributed by atoms with van der Waals surface area (Å²) < 4.78 is 14.6. The Balaban J connectivity index is 1.88. The number of hydrogen-bond acceptors (Lipinski definition) is 3. The van der Waals surface area contributed by atoms with Gasteiger partial charge in [-0.15, -0.1) is 0 Å². The summed E-state index contributed by atoms with van der Waals surface area (Å²) in [6.07, 6.45) is 0. The number of benzene rings is 4. The summed E-state index contributed by atoms with van der Waals surface area (Å²) in [5, 5.41) is 7.97. The molecule has 0 spiro atoms. The Bertz CT molecular complexity index is 1340. The van der Waals surface area contributed by atoms with Crippen LogP contribution in [0.2, 0.25) is 0 Å². The van der Waals surface area contributed by atoms with Gasteiger partial charge in [0.1, 0.15) is 11.5 Å². The standard InChI is InChI=1S/C29H29NO2P2/c1-21(2)30(33-26-17-9-5-13-22(26)23-14-6-10-18-27(23)33)34(28-19-11-7-15-24(28)31-3)29-20-12-8-16-25(29)32-4/h5-21H,1-4H3. The molecular formula is C29H29NO2P2. The molecule has 5 aromatic rings. The fourth-order valence-corrected chi connectivity index (χ4v) is 11.3. The van der Waals surface area contributed by atoms with Gasteiger partial charge < -0.3 is 9.47 Å². The highest BCUT2D eigenvalue weighted by Gasteiger charge is 2.33. The van der Waals surface area contributed by atoms with Gasteiger partial charge in [0.25, 0.3) is 0 Å². The Labute approximate surface area is 203 Å². The third-order valence-corrected chi connectivity index (χ3v) is 12.2. The maximum atomic E-state index is 5.91. The Kier molecular flexibility index (Phi) is 6.61. The lowest BCUT2D eigenvalue weighted by Gasteiger charge is -2.37. The van der Waals surface area contributed by atoms with E-state index in [2.05, 4.69) is 103 Å². The van der Waals surface area contributed by atoms with Crippen molar-refractivity contribution in [2.75, 3.05) is 18.7 Å². The third-order valence-electron chi connectivity index (χ3n) is 6.05. The number of methoxy groups -OCH3 is 2. The van der Waals surface area contributed by atoms with Crippen molar-refractivity contribution >= 4 is 47.4 Å². The van der Waals surface area contributed by atoms with Crippen LogP contribution in [0.25, 0.3) is 21.0 Å². The maximum absolute atomic E-state index is 5.91. The summed E-state index contributed by atoms with van der Waals surface area (Å²) in [6, 6.07) is 35.0. The number of rotatable bonds is 7. The molecule has 1 aromatic heterocycles. The van der Waals surface area contributed by atoms with E-state index in [1.165, 1.54) is 31.6 Å². The topological polar surface area (TPSA) is 21.7 Å². The molecule has 0 fully saturated rings. The molecule has 34 heavy (non-hydrogen) atoms. The van der Waals surface area contributed by atoms with E-state index >= 15 is 0 Å². The molecule has 0 aliphatic rings. The van der Waals surface area contributed by atoms with Gasteiger partial charge in [-0.1, -0.05) is 60.7 Å². The molecule has 0 saturated heterocycles. The van der Waals surface area contributed by atoms with Crippen molar-refractivity contribution in [3.8, 4) is 11.5 Å². The predicted octanol–water partition coefficient (Wildman–Crippen LogP) is 7.39. The molecule has 0 atom stereocenters. The molecule has 0 aliphatic heterocycles. The average Bonchev–Trinajstić information content (AvgIpc) is 3.21. The van der Waals surface area contributed by atoms with Crippen LogP contribution in [0.1, 0.15) is 13.8 Å². The van der Waals surface area contributed by atoms with Crippen LogP contribution in [-0.2, 0) is 0 Å². The first-order valence-electron chi connectivity index (χ1n) is 11.5. The molecule has 5 rings (SSSR count). The fraction of sp³-hybridized carbons (Fsp3) is 0.172. The summed E-state index contributed by atoms with van der Waals surface area (Å²) in [6.45, 7) is 4.62. The smallest absolute Gasteiger partial charge is 0.128 e. The highest BCUT2D eigenvalue weighted by atomic mass is 31.2. The van der Waals surface area contributed by atoms with Crippen molar-refractivity contribution in [1.29, 1.82) is 0 Å². The number of ether oxygens (including phenoxy) is 2. The fourth-order valence-electron chi connectivity index (χ4n) is 4.63. The molecule has 3 nitrogen and oxygen atoms in total. The van der Waals surface area contributed by atoms with Crippen LogP contribution in [0.5, 0.6) is 11.5 Å². The minimum Gasteiger partial charge on any atom is -0.496 e. The Morgan fingerprint density at radius 3 is 1.47 bits per heavy atom. The van der Waals surface area contributed by atoms with E-state index in [4.69, 9.17) is 9.47 Å². The first kappa shape index (κ1) is 22.9. The van der Waals surface area contributed by atoms with E-state index in [1.54, 1.807) is 14.2 Å². The van der Waals surface area contributed by atoms with Crippen molar-refractivity contribution in [3.05, 3.63) is 97.1 Å². The molecule has 0 bridgehead atoms. The summed E-state index contributed by atoms with van der Waals surface area (Å²) in [4.78, 5) is 0. The zero-order valence-electron chi connectivity index (χ0n) is 20.0. The van der Waals surface area contributed by atoms with Crippen LogP contribution < -0.4 is 24.5 Å². The molecule has 0 N–H and O–H groups in total. The van der Waals surface area contributed by atoms with Crippen molar-refractivity contribution < 1.29 is 9.47 Å². The van der Waals surface area contributed by atoms with E-state index in [1.807, 2.05) is 12.1 Å². The largest absolute Gasteiger partial charge is 0.496 e. The lowest BCUT2D eigenvalue weighted by Crippen LogP contribution is -2.32. The predicted molar refractivity (Wildman–Crippen MR) is 150 cm³/mol. The van der Waals surface area contributed by atoms with E-state index in [0.717, 1.165) is 11.5 Å². The molecule has 1 heterocycles. The Morgan fingerprint density at radius 2 is 1.03 bits per heavy atom. The number of fused-ring (bicyclic) bond motifs is 3. The number of hydrogen-bond donors (Lipinski definition) is 0. The van der Waals surface area contributed by atoms with E-state index in [9.17, 15) is 0 Å². The van der Waals surface area contributed by atoms with Gasteiger partial charge in [0.15, 0.2) is 0 Å². The summed E-state index contributed by atoms with van der Waals surface area (Å²) in [5.74, 6) is 1.84. The molecule has 0 unspecified atom stereocenters. The van der Waals surface area contributed by atoms with Gasteiger partial charge in [-0.3, -0.25) is 0 Å². The van der Waals surface area contributed by atoms with Gasteiger partial charge in [0, 0.05) is 35.0 Å². The summed E-state index contributed by atoms with van der Waals surface area (Å²) >= 11 is 0. The van der Waals surface area contributed by atoms with Crippen LogP contribution >= 0.6 is 15.8 Å². The first-order valence-corrected chi connectivity index (χ1v) is 14.1. The molecule has 0 saturated carbocycles. The van der Waals surface area contributed by atoms with Gasteiger partial charge >= 0.3 is 0 Å². The summed E-state index contributed by atoms with van der Waals surface area (Å²) in [5.41, 5.74) is 0. The van der Waals surface area contributed by atoms with Gasteiger partial charge in [0.05, 0.1) is 14.2 Å². The number of para-hydroxylation sites is 2. The van der Waals surface area contributed by atoms with E-state index in [-0.39, 0.29) is 0 Å². The SMILES string of the molecule is COc1ccccc1P(c1ccccc1OC)N(C(C)C)p1c2ccccc2c2ccccc21. The first-order chi connectivity index (χ1) is 16.7. The normalized spacial score (nSPS) is 11.7.